The summed E-state index contributed by atoms with van der Waals surface area (Å²) in [6.07, 6.45) is 0.512. The van der Waals surface area contributed by atoms with E-state index in [1.807, 2.05) is 31.3 Å². The van der Waals surface area contributed by atoms with Gasteiger partial charge in [0.25, 0.3) is 0 Å². The molecule has 0 amide bonds. The fourth-order valence-electron chi connectivity index (χ4n) is 1.37. The maximum atomic E-state index is 11.0. The Balaban J connectivity index is 2.78. The molecule has 3 heteroatoms. The van der Waals surface area contributed by atoms with Crippen LogP contribution in [0.25, 0.3) is 0 Å². The van der Waals surface area contributed by atoms with Crippen molar-refractivity contribution in [2.75, 3.05) is 7.05 Å². The van der Waals surface area contributed by atoms with Crippen molar-refractivity contribution < 1.29 is 4.79 Å². The van der Waals surface area contributed by atoms with Gasteiger partial charge in [0.15, 0.2) is 0 Å². The van der Waals surface area contributed by atoms with Gasteiger partial charge in [-0.05, 0) is 31.7 Å². The largest absolute Gasteiger partial charge is 0.313 e. The molecule has 0 aliphatic rings. The molecule has 0 saturated heterocycles. The van der Waals surface area contributed by atoms with Gasteiger partial charge in [-0.1, -0.05) is 23.7 Å². The van der Waals surface area contributed by atoms with E-state index in [0.717, 1.165) is 5.56 Å². The number of ketones is 1. The van der Waals surface area contributed by atoms with Gasteiger partial charge in [0, 0.05) is 17.5 Å². The Hall–Kier alpha value is -0.860. The van der Waals surface area contributed by atoms with Crippen molar-refractivity contribution in [3.63, 3.8) is 0 Å². The predicted octanol–water partition coefficient (Wildman–Crippen LogP) is 2.58. The van der Waals surface area contributed by atoms with Crippen LogP contribution in [0.1, 0.15) is 24.9 Å². The summed E-state index contributed by atoms with van der Waals surface area (Å²) in [6, 6.07) is 7.63. The van der Waals surface area contributed by atoms with E-state index in [4.69, 9.17) is 11.6 Å². The number of halogens is 1. The lowest BCUT2D eigenvalue weighted by Gasteiger charge is -2.14. The molecule has 1 unspecified atom stereocenters. The molecule has 0 aliphatic heterocycles. The van der Waals surface area contributed by atoms with Crippen molar-refractivity contribution in [3.8, 4) is 0 Å². The Morgan fingerprint density at radius 2 is 2.00 bits per heavy atom. The summed E-state index contributed by atoms with van der Waals surface area (Å²) in [5.74, 6) is 0.180. The van der Waals surface area contributed by atoms with Crippen LogP contribution in [0.2, 0.25) is 5.02 Å². The van der Waals surface area contributed by atoms with Crippen LogP contribution in [-0.2, 0) is 4.79 Å². The Bertz CT molecular complexity index is 308. The van der Waals surface area contributed by atoms with Crippen molar-refractivity contribution in [2.24, 2.45) is 0 Å². The van der Waals surface area contributed by atoms with E-state index in [1.54, 1.807) is 6.92 Å². The van der Waals surface area contributed by atoms with Gasteiger partial charge in [0.2, 0.25) is 0 Å². The molecule has 1 aromatic carbocycles. The van der Waals surface area contributed by atoms with Gasteiger partial charge in [-0.25, -0.2) is 0 Å². The summed E-state index contributed by atoms with van der Waals surface area (Å²) in [6.45, 7) is 1.60. The summed E-state index contributed by atoms with van der Waals surface area (Å²) < 4.78 is 0. The zero-order valence-electron chi connectivity index (χ0n) is 8.38. The van der Waals surface area contributed by atoms with Crippen molar-refractivity contribution in [1.29, 1.82) is 0 Å². The standard InChI is InChI=1S/C11H14ClNO/c1-8(14)7-11(13-2)9-3-5-10(12)6-4-9/h3-6,11,13H,7H2,1-2H3. The molecule has 1 rings (SSSR count). The van der Waals surface area contributed by atoms with Gasteiger partial charge in [-0.15, -0.1) is 0 Å². The second-order valence-corrected chi connectivity index (χ2v) is 3.74. The zero-order chi connectivity index (χ0) is 10.6. The van der Waals surface area contributed by atoms with Crippen LogP contribution in [0, 0.1) is 0 Å². The summed E-state index contributed by atoms with van der Waals surface area (Å²) >= 11 is 5.78. The minimum Gasteiger partial charge on any atom is -0.313 e. The third-order valence-corrected chi connectivity index (χ3v) is 2.36. The highest BCUT2D eigenvalue weighted by molar-refractivity contribution is 6.30. The van der Waals surface area contributed by atoms with E-state index in [1.165, 1.54) is 0 Å². The predicted molar refractivity (Wildman–Crippen MR) is 58.6 cm³/mol. The Morgan fingerprint density at radius 3 is 2.43 bits per heavy atom. The lowest BCUT2D eigenvalue weighted by molar-refractivity contribution is -0.117. The molecule has 0 bridgehead atoms. The number of carbonyl (C=O) groups is 1. The topological polar surface area (TPSA) is 29.1 Å². The monoisotopic (exact) mass is 211 g/mol. The molecule has 1 atom stereocenters. The number of carbonyl (C=O) groups excluding carboxylic acids is 1. The van der Waals surface area contributed by atoms with E-state index in [2.05, 4.69) is 5.32 Å². The van der Waals surface area contributed by atoms with E-state index >= 15 is 0 Å². The van der Waals surface area contributed by atoms with Crippen LogP contribution < -0.4 is 5.32 Å². The van der Waals surface area contributed by atoms with E-state index < -0.39 is 0 Å². The first-order chi connectivity index (χ1) is 6.63. The summed E-state index contributed by atoms with van der Waals surface area (Å²) in [5.41, 5.74) is 1.09. The Kier molecular flexibility index (Phi) is 4.11. The lowest BCUT2D eigenvalue weighted by Crippen LogP contribution is -2.18. The van der Waals surface area contributed by atoms with Crippen molar-refractivity contribution in [2.45, 2.75) is 19.4 Å². The number of benzene rings is 1. The first kappa shape index (κ1) is 11.2. The summed E-state index contributed by atoms with van der Waals surface area (Å²) in [5, 5.41) is 3.82. The fourth-order valence-corrected chi connectivity index (χ4v) is 1.50. The third kappa shape index (κ3) is 3.13. The van der Waals surface area contributed by atoms with E-state index in [0.29, 0.717) is 11.4 Å². The molecule has 14 heavy (non-hydrogen) atoms. The van der Waals surface area contributed by atoms with Crippen molar-refractivity contribution in [3.05, 3.63) is 34.9 Å². The quantitative estimate of drug-likeness (QED) is 0.830. The first-order valence-corrected chi connectivity index (χ1v) is 4.93. The molecule has 2 nitrogen and oxygen atoms in total. The molecule has 0 radical (unpaired) electrons. The highest BCUT2D eigenvalue weighted by atomic mass is 35.5. The van der Waals surface area contributed by atoms with Gasteiger partial charge in [-0.2, -0.15) is 0 Å². The average Bonchev–Trinajstić information content (AvgIpc) is 2.15. The molecule has 76 valence electrons. The van der Waals surface area contributed by atoms with Crippen LogP contribution in [0.4, 0.5) is 0 Å². The average molecular weight is 212 g/mol. The minimum absolute atomic E-state index is 0.0877. The van der Waals surface area contributed by atoms with Crippen LogP contribution >= 0.6 is 11.6 Å². The molecule has 0 fully saturated rings. The smallest absolute Gasteiger partial charge is 0.131 e. The molecule has 0 aromatic heterocycles. The van der Waals surface area contributed by atoms with Gasteiger partial charge in [-0.3, -0.25) is 4.79 Å². The Morgan fingerprint density at radius 1 is 1.43 bits per heavy atom. The molecule has 1 N–H and O–H groups in total. The molecular formula is C11H14ClNO. The third-order valence-electron chi connectivity index (χ3n) is 2.11. The van der Waals surface area contributed by atoms with Gasteiger partial charge in [0.05, 0.1) is 0 Å². The van der Waals surface area contributed by atoms with Crippen LogP contribution in [0.3, 0.4) is 0 Å². The maximum absolute atomic E-state index is 11.0. The molecule has 0 aliphatic carbocycles. The van der Waals surface area contributed by atoms with Crippen molar-refractivity contribution >= 4 is 17.4 Å². The normalized spacial score (nSPS) is 12.5. The molecule has 0 saturated carbocycles. The lowest BCUT2D eigenvalue weighted by atomic mass is 10.0. The first-order valence-electron chi connectivity index (χ1n) is 4.55. The number of nitrogens with one attached hydrogen (secondary N) is 1. The highest BCUT2D eigenvalue weighted by Crippen LogP contribution is 2.18. The number of rotatable bonds is 4. The second kappa shape index (κ2) is 5.13. The SMILES string of the molecule is CNC(CC(C)=O)c1ccc(Cl)cc1. The minimum atomic E-state index is 0.0877. The van der Waals surface area contributed by atoms with Crippen molar-refractivity contribution in [1.82, 2.24) is 5.32 Å². The summed E-state index contributed by atoms with van der Waals surface area (Å²) in [4.78, 5) is 11.0. The summed E-state index contributed by atoms with van der Waals surface area (Å²) in [7, 11) is 1.85. The number of hydrogen-bond acceptors (Lipinski definition) is 2. The Labute approximate surface area is 89.3 Å². The van der Waals surface area contributed by atoms with Gasteiger partial charge >= 0.3 is 0 Å². The highest BCUT2D eigenvalue weighted by Gasteiger charge is 2.10. The number of Topliss-reactive ketones (excluding diaryl/α,β-unsaturated/α-hetero) is 1. The maximum Gasteiger partial charge on any atom is 0.131 e. The molecule has 1 aromatic rings. The van der Waals surface area contributed by atoms with E-state index in [-0.39, 0.29) is 11.8 Å². The van der Waals surface area contributed by atoms with Gasteiger partial charge < -0.3 is 5.32 Å². The molecule has 0 spiro atoms. The van der Waals surface area contributed by atoms with E-state index in [9.17, 15) is 4.79 Å². The molecular weight excluding hydrogens is 198 g/mol. The molecule has 0 heterocycles. The fraction of sp³-hybridized carbons (Fsp3) is 0.364. The van der Waals surface area contributed by atoms with Crippen LogP contribution in [0.5, 0.6) is 0 Å². The van der Waals surface area contributed by atoms with Crippen LogP contribution in [0.15, 0.2) is 24.3 Å². The van der Waals surface area contributed by atoms with Gasteiger partial charge in [0.1, 0.15) is 5.78 Å². The second-order valence-electron chi connectivity index (χ2n) is 3.30. The van der Waals surface area contributed by atoms with Crippen LogP contribution in [-0.4, -0.2) is 12.8 Å². The number of hydrogen-bond donors (Lipinski definition) is 1. The zero-order valence-corrected chi connectivity index (χ0v) is 9.14.